The molecule has 0 aromatic heterocycles. The third-order valence-corrected chi connectivity index (χ3v) is 3.45. The van der Waals surface area contributed by atoms with E-state index in [1.807, 2.05) is 0 Å². The molecular formula is C7H3Br2ClO2. The average Bonchev–Trinajstić information content (AvgIpc) is 1.96. The minimum atomic E-state index is -1.01. The van der Waals surface area contributed by atoms with Crippen LogP contribution in [0.3, 0.4) is 0 Å². The van der Waals surface area contributed by atoms with E-state index in [-0.39, 0.29) is 5.56 Å². The van der Waals surface area contributed by atoms with Gasteiger partial charge >= 0.3 is 5.97 Å². The van der Waals surface area contributed by atoms with Gasteiger partial charge in [-0.05, 0) is 44.0 Å². The molecule has 1 aromatic rings. The molecule has 0 radical (unpaired) electrons. The maximum absolute atomic E-state index is 10.6. The van der Waals surface area contributed by atoms with Crippen LogP contribution in [0.5, 0.6) is 0 Å². The van der Waals surface area contributed by atoms with Gasteiger partial charge in [0.15, 0.2) is 0 Å². The van der Waals surface area contributed by atoms with Crippen LogP contribution < -0.4 is 0 Å². The lowest BCUT2D eigenvalue weighted by molar-refractivity contribution is 0.0696. The highest BCUT2D eigenvalue weighted by Crippen LogP contribution is 2.30. The van der Waals surface area contributed by atoms with Gasteiger partial charge in [-0.25, -0.2) is 4.79 Å². The molecule has 0 aliphatic carbocycles. The number of rotatable bonds is 1. The van der Waals surface area contributed by atoms with Gasteiger partial charge in [0.05, 0.1) is 5.56 Å². The normalized spacial score (nSPS) is 9.92. The van der Waals surface area contributed by atoms with Crippen molar-refractivity contribution in [2.75, 3.05) is 0 Å². The average molecular weight is 314 g/mol. The molecule has 0 saturated carbocycles. The fourth-order valence-electron chi connectivity index (χ4n) is 0.712. The summed E-state index contributed by atoms with van der Waals surface area (Å²) in [5.41, 5.74) is 0.148. The van der Waals surface area contributed by atoms with E-state index in [2.05, 4.69) is 31.9 Å². The van der Waals surface area contributed by atoms with Crippen LogP contribution in [0.15, 0.2) is 21.1 Å². The quantitative estimate of drug-likeness (QED) is 0.805. The number of hydrogen-bond acceptors (Lipinski definition) is 1. The van der Waals surface area contributed by atoms with E-state index in [1.54, 1.807) is 6.07 Å². The number of carbonyl (C=O) groups is 1. The van der Waals surface area contributed by atoms with Crippen molar-refractivity contribution in [1.82, 2.24) is 0 Å². The van der Waals surface area contributed by atoms with E-state index in [1.165, 1.54) is 6.07 Å². The Morgan fingerprint density at radius 3 is 2.50 bits per heavy atom. The molecule has 0 amide bonds. The molecule has 64 valence electrons. The molecule has 0 bridgehead atoms. The van der Waals surface area contributed by atoms with Crippen molar-refractivity contribution in [3.05, 3.63) is 31.7 Å². The molecule has 0 heterocycles. The zero-order chi connectivity index (χ0) is 9.30. The summed E-state index contributed by atoms with van der Waals surface area (Å²) in [4.78, 5) is 10.6. The summed E-state index contributed by atoms with van der Waals surface area (Å²) in [6.45, 7) is 0. The van der Waals surface area contributed by atoms with Crippen LogP contribution in [-0.4, -0.2) is 11.1 Å². The van der Waals surface area contributed by atoms with Crippen LogP contribution in [-0.2, 0) is 0 Å². The molecule has 1 rings (SSSR count). The molecule has 0 aliphatic heterocycles. The number of halogens is 3. The van der Waals surface area contributed by atoms with Crippen LogP contribution in [0.25, 0.3) is 0 Å². The standard InChI is InChI=1S/C7H3Br2ClO2/c8-5-2-3(10)1-4(6(5)9)7(11)12/h1-2H,(H,11,12). The lowest BCUT2D eigenvalue weighted by atomic mass is 10.2. The minimum absolute atomic E-state index is 0.148. The second-order valence-corrected chi connectivity index (χ2v) is 4.14. The minimum Gasteiger partial charge on any atom is -0.478 e. The second kappa shape index (κ2) is 3.77. The predicted octanol–water partition coefficient (Wildman–Crippen LogP) is 3.56. The Morgan fingerprint density at radius 1 is 1.42 bits per heavy atom. The number of aromatic carboxylic acids is 1. The maximum Gasteiger partial charge on any atom is 0.336 e. The summed E-state index contributed by atoms with van der Waals surface area (Å²) in [5.74, 6) is -1.01. The Kier molecular flexibility index (Phi) is 3.15. The van der Waals surface area contributed by atoms with E-state index < -0.39 is 5.97 Å². The van der Waals surface area contributed by atoms with Crippen LogP contribution in [0.4, 0.5) is 0 Å². The van der Waals surface area contributed by atoms with Crippen LogP contribution in [0.2, 0.25) is 5.02 Å². The first-order valence-electron chi connectivity index (χ1n) is 2.90. The number of carboxylic acid groups (broad SMARTS) is 1. The molecule has 1 aromatic carbocycles. The van der Waals surface area contributed by atoms with Crippen LogP contribution in [0, 0.1) is 0 Å². The van der Waals surface area contributed by atoms with Gasteiger partial charge in [-0.1, -0.05) is 11.6 Å². The van der Waals surface area contributed by atoms with E-state index in [9.17, 15) is 4.79 Å². The zero-order valence-corrected chi connectivity index (χ0v) is 9.57. The third-order valence-electron chi connectivity index (χ3n) is 1.22. The van der Waals surface area contributed by atoms with Gasteiger partial charge in [0, 0.05) is 14.0 Å². The van der Waals surface area contributed by atoms with E-state index in [4.69, 9.17) is 16.7 Å². The molecular weight excluding hydrogens is 311 g/mol. The molecule has 5 heteroatoms. The summed E-state index contributed by atoms with van der Waals surface area (Å²) < 4.78 is 1.13. The lowest BCUT2D eigenvalue weighted by Crippen LogP contribution is -1.97. The van der Waals surface area contributed by atoms with Gasteiger partial charge < -0.3 is 5.11 Å². The SMILES string of the molecule is O=C(O)c1cc(Cl)cc(Br)c1Br. The van der Waals surface area contributed by atoms with E-state index >= 15 is 0 Å². The molecule has 0 aliphatic rings. The van der Waals surface area contributed by atoms with Gasteiger partial charge in [0.1, 0.15) is 0 Å². The number of benzene rings is 1. The monoisotopic (exact) mass is 312 g/mol. The van der Waals surface area contributed by atoms with Crippen molar-refractivity contribution in [1.29, 1.82) is 0 Å². The molecule has 2 nitrogen and oxygen atoms in total. The van der Waals surface area contributed by atoms with Crippen molar-refractivity contribution in [3.8, 4) is 0 Å². The summed E-state index contributed by atoms with van der Waals surface area (Å²) in [7, 11) is 0. The number of hydrogen-bond donors (Lipinski definition) is 1. The molecule has 0 fully saturated rings. The van der Waals surface area contributed by atoms with E-state index in [0.717, 1.165) is 0 Å². The topological polar surface area (TPSA) is 37.3 Å². The van der Waals surface area contributed by atoms with Crippen molar-refractivity contribution >= 4 is 49.4 Å². The first-order chi connectivity index (χ1) is 5.52. The molecule has 0 atom stereocenters. The molecule has 0 saturated heterocycles. The summed E-state index contributed by atoms with van der Waals surface area (Å²) in [6, 6.07) is 3.01. The van der Waals surface area contributed by atoms with Crippen molar-refractivity contribution in [2.24, 2.45) is 0 Å². The molecule has 0 unspecified atom stereocenters. The summed E-state index contributed by atoms with van der Waals surface area (Å²) in [5, 5.41) is 9.10. The molecule has 0 spiro atoms. The van der Waals surface area contributed by atoms with Crippen molar-refractivity contribution in [2.45, 2.75) is 0 Å². The summed E-state index contributed by atoms with van der Waals surface area (Å²) in [6.07, 6.45) is 0. The lowest BCUT2D eigenvalue weighted by Gasteiger charge is -2.01. The predicted molar refractivity (Wildman–Crippen MR) is 53.8 cm³/mol. The zero-order valence-electron chi connectivity index (χ0n) is 5.64. The highest BCUT2D eigenvalue weighted by molar-refractivity contribution is 9.13. The highest BCUT2D eigenvalue weighted by atomic mass is 79.9. The maximum atomic E-state index is 10.6. The molecule has 1 N–H and O–H groups in total. The first-order valence-corrected chi connectivity index (χ1v) is 4.86. The third kappa shape index (κ3) is 2.00. The summed E-state index contributed by atoms with van der Waals surface area (Å²) >= 11 is 12.0. The van der Waals surface area contributed by atoms with Crippen LogP contribution in [0.1, 0.15) is 10.4 Å². The first kappa shape index (κ1) is 10.0. The Labute approximate surface area is 90.8 Å². The van der Waals surface area contributed by atoms with Gasteiger partial charge in [-0.3, -0.25) is 0 Å². The fourth-order valence-corrected chi connectivity index (χ4v) is 1.92. The molecule has 12 heavy (non-hydrogen) atoms. The smallest absolute Gasteiger partial charge is 0.336 e. The van der Waals surface area contributed by atoms with Gasteiger partial charge in [0.25, 0.3) is 0 Å². The second-order valence-electron chi connectivity index (χ2n) is 2.05. The Morgan fingerprint density at radius 2 is 2.00 bits per heavy atom. The Hall–Kier alpha value is -0.0600. The van der Waals surface area contributed by atoms with Gasteiger partial charge in [0.2, 0.25) is 0 Å². The largest absolute Gasteiger partial charge is 0.478 e. The Balaban J connectivity index is 3.37. The number of carboxylic acids is 1. The van der Waals surface area contributed by atoms with Gasteiger partial charge in [-0.2, -0.15) is 0 Å². The Bertz CT molecular complexity index is 338. The van der Waals surface area contributed by atoms with Crippen molar-refractivity contribution in [3.63, 3.8) is 0 Å². The van der Waals surface area contributed by atoms with E-state index in [0.29, 0.717) is 14.0 Å². The van der Waals surface area contributed by atoms with Crippen LogP contribution >= 0.6 is 43.5 Å². The van der Waals surface area contributed by atoms with Gasteiger partial charge in [-0.15, -0.1) is 0 Å². The highest BCUT2D eigenvalue weighted by Gasteiger charge is 2.11. The fraction of sp³-hybridized carbons (Fsp3) is 0. The van der Waals surface area contributed by atoms with Crippen molar-refractivity contribution < 1.29 is 9.90 Å².